The summed E-state index contributed by atoms with van der Waals surface area (Å²) in [4.78, 5) is 30.7. The van der Waals surface area contributed by atoms with Gasteiger partial charge in [-0.05, 0) is 39.1 Å². The average molecular weight is 344 g/mol. The summed E-state index contributed by atoms with van der Waals surface area (Å²) in [6, 6.07) is 3.53. The Morgan fingerprint density at radius 2 is 2.00 bits per heavy atom. The quantitative estimate of drug-likeness (QED) is 0.725. The second-order valence-corrected chi connectivity index (χ2v) is 6.79. The number of aromatic amines is 1. The number of amides is 2. The van der Waals surface area contributed by atoms with Crippen LogP contribution in [0, 0.1) is 0 Å². The van der Waals surface area contributed by atoms with Crippen LogP contribution in [0.1, 0.15) is 32.1 Å². The maximum absolute atomic E-state index is 12.2. The van der Waals surface area contributed by atoms with Gasteiger partial charge in [-0.3, -0.25) is 14.7 Å². The summed E-state index contributed by atoms with van der Waals surface area (Å²) in [6.45, 7) is 0.470. The van der Waals surface area contributed by atoms with E-state index in [1.165, 1.54) is 6.42 Å². The molecule has 0 saturated heterocycles. The normalized spacial score (nSPS) is 16.8. The first-order chi connectivity index (χ1) is 12.0. The zero-order valence-electron chi connectivity index (χ0n) is 14.6. The van der Waals surface area contributed by atoms with Crippen LogP contribution in [0.5, 0.6) is 0 Å². The number of nitrogens with one attached hydrogen (secondary N) is 3. The minimum Gasteiger partial charge on any atom is -0.346 e. The Kier molecular flexibility index (Phi) is 4.98. The molecule has 2 aromatic rings. The van der Waals surface area contributed by atoms with Crippen molar-refractivity contribution in [3.05, 3.63) is 18.3 Å². The molecular formula is C17H24N6O2. The molecule has 25 heavy (non-hydrogen) atoms. The Morgan fingerprint density at radius 1 is 1.24 bits per heavy atom. The topological polar surface area (TPSA) is 103 Å². The van der Waals surface area contributed by atoms with Gasteiger partial charge >= 0.3 is 11.8 Å². The van der Waals surface area contributed by atoms with E-state index in [-0.39, 0.29) is 5.54 Å². The second-order valence-electron chi connectivity index (χ2n) is 6.79. The Labute approximate surface area is 146 Å². The highest BCUT2D eigenvalue weighted by atomic mass is 16.2. The summed E-state index contributed by atoms with van der Waals surface area (Å²) in [5, 5.41) is 12.7. The molecule has 2 amide bonds. The fourth-order valence-electron chi connectivity index (χ4n) is 3.43. The van der Waals surface area contributed by atoms with Crippen molar-refractivity contribution in [1.29, 1.82) is 0 Å². The molecule has 2 aromatic heterocycles. The SMILES string of the molecule is CN(C)C1(CNC(=O)C(=O)Nc2[nH]nc3ncccc23)CCCCC1. The number of likely N-dealkylation sites (N-methyl/N-ethyl adjacent to an activating group) is 1. The molecule has 134 valence electrons. The predicted molar refractivity (Wildman–Crippen MR) is 95.0 cm³/mol. The van der Waals surface area contributed by atoms with Crippen molar-refractivity contribution >= 4 is 28.7 Å². The number of hydrogen-bond donors (Lipinski definition) is 3. The van der Waals surface area contributed by atoms with Crippen molar-refractivity contribution in [2.45, 2.75) is 37.6 Å². The predicted octanol–water partition coefficient (Wildman–Crippen LogP) is 1.28. The van der Waals surface area contributed by atoms with Gasteiger partial charge in [-0.15, -0.1) is 0 Å². The lowest BCUT2D eigenvalue weighted by Gasteiger charge is -2.43. The largest absolute Gasteiger partial charge is 0.346 e. The van der Waals surface area contributed by atoms with Crippen LogP contribution < -0.4 is 10.6 Å². The lowest BCUT2D eigenvalue weighted by Crippen LogP contribution is -2.55. The highest BCUT2D eigenvalue weighted by Crippen LogP contribution is 2.31. The number of carbonyl (C=O) groups excluding carboxylic acids is 2. The third kappa shape index (κ3) is 3.63. The monoisotopic (exact) mass is 344 g/mol. The van der Waals surface area contributed by atoms with Gasteiger partial charge < -0.3 is 15.5 Å². The van der Waals surface area contributed by atoms with Gasteiger partial charge in [-0.25, -0.2) is 4.98 Å². The van der Waals surface area contributed by atoms with Crippen molar-refractivity contribution < 1.29 is 9.59 Å². The van der Waals surface area contributed by atoms with Gasteiger partial charge in [0.05, 0.1) is 5.39 Å². The lowest BCUT2D eigenvalue weighted by atomic mass is 9.80. The van der Waals surface area contributed by atoms with Gasteiger partial charge in [0.25, 0.3) is 0 Å². The molecule has 0 bridgehead atoms. The first-order valence-corrected chi connectivity index (χ1v) is 8.57. The van der Waals surface area contributed by atoms with Crippen molar-refractivity contribution in [1.82, 2.24) is 25.4 Å². The number of nitrogens with zero attached hydrogens (tertiary/aromatic N) is 3. The van der Waals surface area contributed by atoms with E-state index in [1.807, 2.05) is 14.1 Å². The molecular weight excluding hydrogens is 320 g/mol. The molecule has 1 aliphatic carbocycles. The molecule has 0 spiro atoms. The highest BCUT2D eigenvalue weighted by molar-refractivity contribution is 6.40. The van der Waals surface area contributed by atoms with Gasteiger partial charge in [-0.2, -0.15) is 5.10 Å². The van der Waals surface area contributed by atoms with Crippen LogP contribution in [0.2, 0.25) is 0 Å². The minimum atomic E-state index is -0.709. The van der Waals surface area contributed by atoms with Gasteiger partial charge in [-0.1, -0.05) is 19.3 Å². The maximum Gasteiger partial charge on any atom is 0.314 e. The third-order valence-corrected chi connectivity index (χ3v) is 5.09. The van der Waals surface area contributed by atoms with Crippen molar-refractivity contribution in [2.75, 3.05) is 26.0 Å². The summed E-state index contributed by atoms with van der Waals surface area (Å²) in [6.07, 6.45) is 7.19. The fourth-order valence-corrected chi connectivity index (χ4v) is 3.43. The molecule has 0 unspecified atom stereocenters. The van der Waals surface area contributed by atoms with Gasteiger partial charge in [0.1, 0.15) is 5.82 Å². The molecule has 0 aliphatic heterocycles. The molecule has 8 heteroatoms. The molecule has 2 heterocycles. The Morgan fingerprint density at radius 3 is 2.72 bits per heavy atom. The smallest absolute Gasteiger partial charge is 0.314 e. The molecule has 0 aromatic carbocycles. The summed E-state index contributed by atoms with van der Waals surface area (Å²) in [5.41, 5.74) is 0.422. The molecule has 1 fully saturated rings. The van der Waals surface area contributed by atoms with E-state index in [4.69, 9.17) is 0 Å². The summed E-state index contributed by atoms with van der Waals surface area (Å²) < 4.78 is 0. The number of H-pyrrole nitrogens is 1. The number of carbonyl (C=O) groups is 2. The van der Waals surface area contributed by atoms with E-state index in [9.17, 15) is 9.59 Å². The molecule has 1 aliphatic rings. The number of pyridine rings is 1. The molecule has 0 atom stereocenters. The second kappa shape index (κ2) is 7.18. The zero-order chi connectivity index (χ0) is 17.9. The Hall–Kier alpha value is -2.48. The summed E-state index contributed by atoms with van der Waals surface area (Å²) in [7, 11) is 4.06. The fraction of sp³-hybridized carbons (Fsp3) is 0.529. The Balaban J connectivity index is 1.62. The van der Waals surface area contributed by atoms with Gasteiger partial charge in [0, 0.05) is 18.3 Å². The van der Waals surface area contributed by atoms with Crippen molar-refractivity contribution in [3.8, 4) is 0 Å². The molecule has 0 radical (unpaired) electrons. The van der Waals surface area contributed by atoms with Crippen LogP contribution in [0.3, 0.4) is 0 Å². The number of rotatable bonds is 4. The van der Waals surface area contributed by atoms with E-state index in [0.717, 1.165) is 25.7 Å². The average Bonchev–Trinajstić information content (AvgIpc) is 3.03. The maximum atomic E-state index is 12.2. The lowest BCUT2D eigenvalue weighted by molar-refractivity contribution is -0.136. The van der Waals surface area contributed by atoms with Crippen LogP contribution in [0.4, 0.5) is 5.82 Å². The van der Waals surface area contributed by atoms with E-state index < -0.39 is 11.8 Å². The van der Waals surface area contributed by atoms with Gasteiger partial charge in [0.15, 0.2) is 5.65 Å². The standard InChI is InChI=1S/C17H24N6O2/c1-23(2)17(8-4-3-5-9-17)11-19-15(24)16(25)20-14-12-7-6-10-18-13(12)21-22-14/h6-7,10H,3-5,8-9,11H2,1-2H3,(H,19,24)(H2,18,20,21,22,25). The summed E-state index contributed by atoms with van der Waals surface area (Å²) >= 11 is 0. The number of hydrogen-bond acceptors (Lipinski definition) is 5. The van der Waals surface area contributed by atoms with E-state index in [2.05, 4.69) is 30.7 Å². The van der Waals surface area contributed by atoms with E-state index in [1.54, 1.807) is 18.3 Å². The van der Waals surface area contributed by atoms with Crippen LogP contribution in [-0.4, -0.2) is 58.1 Å². The molecule has 8 nitrogen and oxygen atoms in total. The van der Waals surface area contributed by atoms with Crippen LogP contribution in [0.15, 0.2) is 18.3 Å². The van der Waals surface area contributed by atoms with Crippen molar-refractivity contribution in [3.63, 3.8) is 0 Å². The van der Waals surface area contributed by atoms with Crippen LogP contribution >= 0.6 is 0 Å². The number of anilines is 1. The first-order valence-electron chi connectivity index (χ1n) is 8.57. The third-order valence-electron chi connectivity index (χ3n) is 5.09. The Bertz CT molecular complexity index is 763. The summed E-state index contributed by atoms with van der Waals surface area (Å²) in [5.74, 6) is -0.971. The minimum absolute atomic E-state index is 0.0706. The number of fused-ring (bicyclic) bond motifs is 1. The zero-order valence-corrected chi connectivity index (χ0v) is 14.6. The van der Waals surface area contributed by atoms with Crippen LogP contribution in [0.25, 0.3) is 11.0 Å². The van der Waals surface area contributed by atoms with Crippen molar-refractivity contribution in [2.24, 2.45) is 0 Å². The molecule has 3 N–H and O–H groups in total. The number of aromatic nitrogens is 3. The van der Waals surface area contributed by atoms with Gasteiger partial charge in [0.2, 0.25) is 0 Å². The molecule has 3 rings (SSSR count). The van der Waals surface area contributed by atoms with E-state index in [0.29, 0.717) is 23.4 Å². The van der Waals surface area contributed by atoms with Crippen LogP contribution in [-0.2, 0) is 9.59 Å². The highest BCUT2D eigenvalue weighted by Gasteiger charge is 2.35. The molecule has 1 saturated carbocycles. The van der Waals surface area contributed by atoms with E-state index >= 15 is 0 Å². The first kappa shape index (κ1) is 17.3.